The van der Waals surface area contributed by atoms with Crippen molar-refractivity contribution in [2.24, 2.45) is 0 Å². The third-order valence-electron chi connectivity index (χ3n) is 5.13. The summed E-state index contributed by atoms with van der Waals surface area (Å²) in [4.78, 5) is 38.6. The summed E-state index contributed by atoms with van der Waals surface area (Å²) in [6, 6.07) is 16.1. The number of amides is 4. The van der Waals surface area contributed by atoms with Gasteiger partial charge in [-0.05, 0) is 49.9 Å². The lowest BCUT2D eigenvalue weighted by molar-refractivity contribution is -0.134. The number of urea groups is 1. The highest BCUT2D eigenvalue weighted by Crippen LogP contribution is 2.23. The van der Waals surface area contributed by atoms with Crippen molar-refractivity contribution in [2.45, 2.75) is 38.3 Å². The number of aryl methyl sites for hydroxylation is 1. The van der Waals surface area contributed by atoms with E-state index < -0.39 is 17.5 Å². The highest BCUT2D eigenvalue weighted by Gasteiger charge is 2.47. The maximum atomic E-state index is 12.8. The average Bonchev–Trinajstić information content (AvgIpc) is 2.90. The van der Waals surface area contributed by atoms with Gasteiger partial charge in [-0.15, -0.1) is 0 Å². The van der Waals surface area contributed by atoms with Gasteiger partial charge in [-0.3, -0.25) is 14.5 Å². The van der Waals surface area contributed by atoms with Crippen LogP contribution in [0.2, 0.25) is 5.02 Å². The number of nitrogens with one attached hydrogen (secondary N) is 2. The average molecular weight is 414 g/mol. The number of carbonyl (C=O) groups is 3. The lowest BCUT2D eigenvalue weighted by Gasteiger charge is -2.22. The molecule has 0 spiro atoms. The molecule has 1 saturated heterocycles. The quantitative estimate of drug-likeness (QED) is 0.682. The minimum absolute atomic E-state index is 0.300. The highest BCUT2D eigenvalue weighted by atomic mass is 35.5. The summed E-state index contributed by atoms with van der Waals surface area (Å²) < 4.78 is 0. The van der Waals surface area contributed by atoms with Crippen molar-refractivity contribution in [3.05, 3.63) is 70.7 Å². The molecular formula is C22H24ClN3O3. The van der Waals surface area contributed by atoms with Crippen molar-refractivity contribution in [2.75, 3.05) is 6.54 Å². The molecule has 7 heteroatoms. The van der Waals surface area contributed by atoms with E-state index in [0.29, 0.717) is 17.9 Å². The van der Waals surface area contributed by atoms with Crippen molar-refractivity contribution in [1.29, 1.82) is 0 Å². The van der Waals surface area contributed by atoms with Crippen LogP contribution in [-0.2, 0) is 16.0 Å². The molecule has 4 amide bonds. The molecule has 2 atom stereocenters. The van der Waals surface area contributed by atoms with Crippen LogP contribution in [0.3, 0.4) is 0 Å². The fourth-order valence-electron chi connectivity index (χ4n) is 3.39. The third-order valence-corrected chi connectivity index (χ3v) is 5.36. The number of nitrogens with zero attached hydrogens (tertiary/aromatic N) is 1. The van der Waals surface area contributed by atoms with Crippen LogP contribution in [0.5, 0.6) is 0 Å². The first-order chi connectivity index (χ1) is 13.8. The normalized spacial score (nSPS) is 19.8. The fraction of sp³-hybridized carbons (Fsp3) is 0.318. The second-order valence-corrected chi connectivity index (χ2v) is 7.92. The van der Waals surface area contributed by atoms with Crippen molar-refractivity contribution in [1.82, 2.24) is 15.5 Å². The molecule has 0 aromatic heterocycles. The van der Waals surface area contributed by atoms with Gasteiger partial charge in [0, 0.05) is 5.02 Å². The van der Waals surface area contributed by atoms with Crippen LogP contribution in [0.1, 0.15) is 37.4 Å². The Hall–Kier alpha value is -2.86. The Bertz CT molecular complexity index is 919. The smallest absolute Gasteiger partial charge is 0.325 e. The van der Waals surface area contributed by atoms with E-state index in [0.717, 1.165) is 16.0 Å². The number of carbonyl (C=O) groups excluding carboxylic acids is 3. The van der Waals surface area contributed by atoms with E-state index in [2.05, 4.69) is 10.6 Å². The number of imide groups is 1. The SMILES string of the molecule is C[C@H](NC(=O)CN1C(=O)N[C@](C)(CCc2ccccc2)C1=O)c1cccc(Cl)c1. The summed E-state index contributed by atoms with van der Waals surface area (Å²) in [6.45, 7) is 3.19. The van der Waals surface area contributed by atoms with Crippen molar-refractivity contribution >= 4 is 29.4 Å². The Morgan fingerprint density at radius 1 is 1.17 bits per heavy atom. The van der Waals surface area contributed by atoms with Crippen LogP contribution >= 0.6 is 11.6 Å². The van der Waals surface area contributed by atoms with Crippen LogP contribution < -0.4 is 10.6 Å². The standard InChI is InChI=1S/C22H24ClN3O3/c1-15(17-9-6-10-18(23)13-17)24-19(27)14-26-20(28)22(2,25-21(26)29)12-11-16-7-4-3-5-8-16/h3-10,13,15H,11-12,14H2,1-2H3,(H,24,27)(H,25,29)/t15-,22+/m0/s1. The Kier molecular flexibility index (Phi) is 6.23. The maximum absolute atomic E-state index is 12.8. The first kappa shape index (κ1) is 20.9. The van der Waals surface area contributed by atoms with E-state index in [1.54, 1.807) is 25.1 Å². The number of hydrogen-bond donors (Lipinski definition) is 2. The Labute approximate surface area is 175 Å². The molecule has 0 unspecified atom stereocenters. The number of benzene rings is 2. The summed E-state index contributed by atoms with van der Waals surface area (Å²) in [6.07, 6.45) is 1.10. The molecule has 0 bridgehead atoms. The van der Waals surface area contributed by atoms with E-state index >= 15 is 0 Å². The second kappa shape index (κ2) is 8.66. The van der Waals surface area contributed by atoms with Gasteiger partial charge in [0.2, 0.25) is 5.91 Å². The van der Waals surface area contributed by atoms with E-state index in [9.17, 15) is 14.4 Å². The molecular weight excluding hydrogens is 390 g/mol. The number of rotatable bonds is 7. The van der Waals surface area contributed by atoms with Crippen molar-refractivity contribution in [3.63, 3.8) is 0 Å². The largest absolute Gasteiger partial charge is 0.348 e. The fourth-order valence-corrected chi connectivity index (χ4v) is 3.59. The summed E-state index contributed by atoms with van der Waals surface area (Å²) in [5, 5.41) is 6.12. The zero-order valence-electron chi connectivity index (χ0n) is 16.4. The summed E-state index contributed by atoms with van der Waals surface area (Å²) in [5.74, 6) is -0.794. The van der Waals surface area contributed by atoms with E-state index in [4.69, 9.17) is 11.6 Å². The number of halogens is 1. The van der Waals surface area contributed by atoms with Gasteiger partial charge in [0.15, 0.2) is 0 Å². The molecule has 0 radical (unpaired) electrons. The third kappa shape index (κ3) is 4.95. The molecule has 0 aliphatic carbocycles. The van der Waals surface area contributed by atoms with E-state index in [-0.39, 0.29) is 18.5 Å². The minimum atomic E-state index is -1.02. The Morgan fingerprint density at radius 2 is 1.90 bits per heavy atom. The van der Waals surface area contributed by atoms with Gasteiger partial charge in [0.25, 0.3) is 5.91 Å². The molecule has 1 fully saturated rings. The first-order valence-corrected chi connectivity index (χ1v) is 9.89. The van der Waals surface area contributed by atoms with Crippen LogP contribution in [0.4, 0.5) is 4.79 Å². The predicted octanol–water partition coefficient (Wildman–Crippen LogP) is 3.46. The van der Waals surface area contributed by atoms with Crippen molar-refractivity contribution < 1.29 is 14.4 Å². The summed E-state index contributed by atoms with van der Waals surface area (Å²) in [7, 11) is 0. The molecule has 2 aromatic carbocycles. The first-order valence-electron chi connectivity index (χ1n) is 9.51. The zero-order chi connectivity index (χ0) is 21.0. The zero-order valence-corrected chi connectivity index (χ0v) is 17.2. The molecule has 2 aromatic rings. The van der Waals surface area contributed by atoms with Crippen LogP contribution in [0.25, 0.3) is 0 Å². The highest BCUT2D eigenvalue weighted by molar-refractivity contribution is 6.30. The molecule has 2 N–H and O–H groups in total. The molecule has 0 saturated carbocycles. The molecule has 152 valence electrons. The van der Waals surface area contributed by atoms with Gasteiger partial charge >= 0.3 is 6.03 Å². The molecule has 6 nitrogen and oxygen atoms in total. The van der Waals surface area contributed by atoms with Crippen LogP contribution in [0, 0.1) is 0 Å². The van der Waals surface area contributed by atoms with Gasteiger partial charge in [0.05, 0.1) is 6.04 Å². The molecule has 1 aliphatic heterocycles. The number of hydrogen-bond acceptors (Lipinski definition) is 3. The minimum Gasteiger partial charge on any atom is -0.348 e. The second-order valence-electron chi connectivity index (χ2n) is 7.48. The lowest BCUT2D eigenvalue weighted by Crippen LogP contribution is -2.45. The maximum Gasteiger partial charge on any atom is 0.325 e. The van der Waals surface area contributed by atoms with Crippen LogP contribution in [0.15, 0.2) is 54.6 Å². The van der Waals surface area contributed by atoms with Gasteiger partial charge in [-0.25, -0.2) is 4.79 Å². The predicted molar refractivity (Wildman–Crippen MR) is 111 cm³/mol. The molecule has 29 heavy (non-hydrogen) atoms. The lowest BCUT2D eigenvalue weighted by atomic mass is 9.93. The molecule has 1 aliphatic rings. The van der Waals surface area contributed by atoms with Crippen LogP contribution in [-0.4, -0.2) is 34.8 Å². The van der Waals surface area contributed by atoms with Gasteiger partial charge in [-0.2, -0.15) is 0 Å². The summed E-state index contributed by atoms with van der Waals surface area (Å²) in [5.41, 5.74) is 0.907. The Morgan fingerprint density at radius 3 is 2.59 bits per heavy atom. The van der Waals surface area contributed by atoms with Crippen molar-refractivity contribution in [3.8, 4) is 0 Å². The van der Waals surface area contributed by atoms with Gasteiger partial charge < -0.3 is 10.6 Å². The molecule has 3 rings (SSSR count). The Balaban J connectivity index is 1.59. The molecule has 1 heterocycles. The summed E-state index contributed by atoms with van der Waals surface area (Å²) >= 11 is 5.99. The monoisotopic (exact) mass is 413 g/mol. The van der Waals surface area contributed by atoms with Gasteiger partial charge in [0.1, 0.15) is 12.1 Å². The van der Waals surface area contributed by atoms with E-state index in [1.165, 1.54) is 0 Å². The van der Waals surface area contributed by atoms with E-state index in [1.807, 2.05) is 43.3 Å². The topological polar surface area (TPSA) is 78.5 Å². The van der Waals surface area contributed by atoms with Gasteiger partial charge in [-0.1, -0.05) is 54.1 Å².